The van der Waals surface area contributed by atoms with Crippen molar-refractivity contribution < 1.29 is 4.79 Å². The van der Waals surface area contributed by atoms with Crippen LogP contribution >= 0.6 is 11.3 Å². The van der Waals surface area contributed by atoms with E-state index in [1.807, 2.05) is 0 Å². The van der Waals surface area contributed by atoms with Crippen molar-refractivity contribution in [1.29, 1.82) is 0 Å². The molecule has 4 rings (SSSR count). The monoisotopic (exact) mass is 302 g/mol. The molecule has 0 aliphatic heterocycles. The van der Waals surface area contributed by atoms with Crippen LogP contribution in [0.15, 0.2) is 17.5 Å². The highest BCUT2D eigenvalue weighted by molar-refractivity contribution is 7.17. The Labute approximate surface area is 129 Å². The minimum atomic E-state index is 0.136. The van der Waals surface area contributed by atoms with E-state index >= 15 is 0 Å². The maximum absolute atomic E-state index is 12.7. The van der Waals surface area contributed by atoms with Crippen molar-refractivity contribution in [2.75, 3.05) is 0 Å². The summed E-state index contributed by atoms with van der Waals surface area (Å²) in [7, 11) is 0. The Morgan fingerprint density at radius 3 is 2.62 bits per heavy atom. The summed E-state index contributed by atoms with van der Waals surface area (Å²) in [5.74, 6) is 0.136. The summed E-state index contributed by atoms with van der Waals surface area (Å²) in [6.07, 6.45) is 9.80. The van der Waals surface area contributed by atoms with Gasteiger partial charge in [-0.3, -0.25) is 4.79 Å². The Bertz CT molecular complexity index is 645. The first kappa shape index (κ1) is 13.4. The van der Waals surface area contributed by atoms with Crippen molar-refractivity contribution in [2.45, 2.75) is 63.5 Å². The fraction of sp³-hybridized carbons (Fsp3) is 0.588. The van der Waals surface area contributed by atoms with Crippen molar-refractivity contribution in [1.82, 2.24) is 9.88 Å². The Kier molecular flexibility index (Phi) is 3.49. The molecule has 2 heterocycles. The molecular weight excluding hydrogens is 280 g/mol. The molecule has 1 N–H and O–H groups in total. The summed E-state index contributed by atoms with van der Waals surface area (Å²) in [5, 5.41) is 5.39. The lowest BCUT2D eigenvalue weighted by molar-refractivity contribution is 0.0927. The van der Waals surface area contributed by atoms with Gasteiger partial charge in [-0.05, 0) is 43.2 Å². The van der Waals surface area contributed by atoms with Gasteiger partial charge >= 0.3 is 0 Å². The van der Waals surface area contributed by atoms with Gasteiger partial charge in [-0.2, -0.15) is 0 Å². The van der Waals surface area contributed by atoms with Gasteiger partial charge in [-0.15, -0.1) is 11.3 Å². The molecule has 3 nitrogen and oxygen atoms in total. The third-order valence-electron chi connectivity index (χ3n) is 5.07. The fourth-order valence-electron chi connectivity index (χ4n) is 4.01. The molecule has 2 aliphatic rings. The van der Waals surface area contributed by atoms with Gasteiger partial charge < -0.3 is 9.88 Å². The van der Waals surface area contributed by atoms with E-state index in [0.717, 1.165) is 18.5 Å². The Balaban J connectivity index is 1.67. The largest absolute Gasteiger partial charge is 0.348 e. The van der Waals surface area contributed by atoms with Gasteiger partial charge in [0.1, 0.15) is 5.69 Å². The molecule has 0 unspecified atom stereocenters. The minimum absolute atomic E-state index is 0.136. The minimum Gasteiger partial charge on any atom is -0.348 e. The van der Waals surface area contributed by atoms with Crippen molar-refractivity contribution in [3.63, 3.8) is 0 Å². The van der Waals surface area contributed by atoms with E-state index in [1.54, 1.807) is 11.3 Å². The second-order valence-corrected chi connectivity index (χ2v) is 7.41. The Hall–Kier alpha value is -1.29. The van der Waals surface area contributed by atoms with Crippen LogP contribution in [0.2, 0.25) is 0 Å². The maximum Gasteiger partial charge on any atom is 0.268 e. The number of carbonyl (C=O) groups excluding carboxylic acids is 1. The van der Waals surface area contributed by atoms with E-state index in [4.69, 9.17) is 0 Å². The first-order valence-corrected chi connectivity index (χ1v) is 9.10. The average molecular weight is 302 g/mol. The summed E-state index contributed by atoms with van der Waals surface area (Å²) >= 11 is 1.74. The number of amides is 1. The summed E-state index contributed by atoms with van der Waals surface area (Å²) in [6.45, 7) is 0. The SMILES string of the molecule is O=C(NC1CCCC1)c1cc2sccc2n1C1CCCC1. The number of hydrogen-bond donors (Lipinski definition) is 1. The number of aromatic nitrogens is 1. The van der Waals surface area contributed by atoms with E-state index in [9.17, 15) is 4.79 Å². The zero-order valence-electron chi connectivity index (χ0n) is 12.3. The first-order valence-electron chi connectivity index (χ1n) is 8.22. The van der Waals surface area contributed by atoms with Crippen molar-refractivity contribution in [3.8, 4) is 0 Å². The molecule has 2 fully saturated rings. The number of nitrogens with zero attached hydrogens (tertiary/aromatic N) is 1. The van der Waals surface area contributed by atoms with Crippen molar-refractivity contribution in [2.24, 2.45) is 0 Å². The molecule has 2 aromatic rings. The van der Waals surface area contributed by atoms with Crippen molar-refractivity contribution in [3.05, 3.63) is 23.2 Å². The lowest BCUT2D eigenvalue weighted by Gasteiger charge is -2.18. The maximum atomic E-state index is 12.7. The fourth-order valence-corrected chi connectivity index (χ4v) is 4.82. The van der Waals surface area contributed by atoms with Gasteiger partial charge in [0.25, 0.3) is 5.91 Å². The number of thiophene rings is 1. The van der Waals surface area contributed by atoms with Crippen LogP contribution in [0.5, 0.6) is 0 Å². The molecule has 2 aromatic heterocycles. The first-order chi connectivity index (χ1) is 10.3. The molecule has 1 amide bonds. The van der Waals surface area contributed by atoms with Crippen LogP contribution in [0.1, 0.15) is 67.9 Å². The Morgan fingerprint density at radius 1 is 1.14 bits per heavy atom. The number of nitrogens with one attached hydrogen (secondary N) is 1. The smallest absolute Gasteiger partial charge is 0.268 e. The van der Waals surface area contributed by atoms with Crippen LogP contribution in [-0.2, 0) is 0 Å². The molecule has 0 saturated heterocycles. The standard InChI is InChI=1S/C17H22N2OS/c20-17(18-12-5-1-2-6-12)15-11-16-14(9-10-21-16)19(15)13-7-3-4-8-13/h9-13H,1-8H2,(H,18,20). The highest BCUT2D eigenvalue weighted by Crippen LogP contribution is 2.36. The van der Waals surface area contributed by atoms with Gasteiger partial charge in [0, 0.05) is 12.1 Å². The van der Waals surface area contributed by atoms with Gasteiger partial charge in [-0.1, -0.05) is 25.7 Å². The molecule has 0 spiro atoms. The molecule has 0 radical (unpaired) electrons. The predicted molar refractivity (Wildman–Crippen MR) is 87.0 cm³/mol. The summed E-state index contributed by atoms with van der Waals surface area (Å²) in [6, 6.07) is 5.18. The van der Waals surface area contributed by atoms with Gasteiger partial charge in [-0.25, -0.2) is 0 Å². The van der Waals surface area contributed by atoms with Crippen LogP contribution in [0.3, 0.4) is 0 Å². The van der Waals surface area contributed by atoms with Crippen molar-refractivity contribution >= 4 is 27.5 Å². The topological polar surface area (TPSA) is 34.0 Å². The zero-order chi connectivity index (χ0) is 14.2. The van der Waals surface area contributed by atoms with E-state index in [-0.39, 0.29) is 5.91 Å². The molecule has 2 saturated carbocycles. The normalized spacial score (nSPS) is 20.6. The second kappa shape index (κ2) is 5.48. The molecule has 0 atom stereocenters. The summed E-state index contributed by atoms with van der Waals surface area (Å²) in [5.41, 5.74) is 2.14. The van der Waals surface area contributed by atoms with Crippen LogP contribution in [-0.4, -0.2) is 16.5 Å². The van der Waals surface area contributed by atoms with E-state index in [1.165, 1.54) is 48.7 Å². The molecule has 21 heavy (non-hydrogen) atoms. The van der Waals surface area contributed by atoms with Crippen LogP contribution in [0.4, 0.5) is 0 Å². The van der Waals surface area contributed by atoms with Gasteiger partial charge in [0.05, 0.1) is 10.2 Å². The second-order valence-electron chi connectivity index (χ2n) is 6.46. The predicted octanol–water partition coefficient (Wildman–Crippen LogP) is 4.49. The van der Waals surface area contributed by atoms with Crippen LogP contribution < -0.4 is 5.32 Å². The molecular formula is C17H22N2OS. The van der Waals surface area contributed by atoms with E-state index in [0.29, 0.717) is 12.1 Å². The molecule has 0 aromatic carbocycles. The number of fused-ring (bicyclic) bond motifs is 1. The highest BCUT2D eigenvalue weighted by atomic mass is 32.1. The summed E-state index contributed by atoms with van der Waals surface area (Å²) in [4.78, 5) is 12.7. The lowest BCUT2D eigenvalue weighted by atomic mass is 10.2. The quantitative estimate of drug-likeness (QED) is 0.890. The van der Waals surface area contributed by atoms with Crippen LogP contribution in [0.25, 0.3) is 10.2 Å². The Morgan fingerprint density at radius 2 is 1.86 bits per heavy atom. The molecule has 2 aliphatic carbocycles. The highest BCUT2D eigenvalue weighted by Gasteiger charge is 2.26. The molecule has 0 bridgehead atoms. The summed E-state index contributed by atoms with van der Waals surface area (Å²) < 4.78 is 3.57. The van der Waals surface area contributed by atoms with Crippen LogP contribution in [0, 0.1) is 0 Å². The lowest BCUT2D eigenvalue weighted by Crippen LogP contribution is -2.34. The molecule has 112 valence electrons. The van der Waals surface area contributed by atoms with Gasteiger partial charge in [0.15, 0.2) is 0 Å². The zero-order valence-corrected chi connectivity index (χ0v) is 13.1. The molecule has 4 heteroatoms. The van der Waals surface area contributed by atoms with E-state index in [2.05, 4.69) is 27.4 Å². The average Bonchev–Trinajstić information content (AvgIpc) is 3.23. The third kappa shape index (κ3) is 2.39. The number of carbonyl (C=O) groups is 1. The number of hydrogen-bond acceptors (Lipinski definition) is 2. The number of rotatable bonds is 3. The van der Waals surface area contributed by atoms with Gasteiger partial charge in [0.2, 0.25) is 0 Å². The van der Waals surface area contributed by atoms with E-state index < -0.39 is 0 Å². The third-order valence-corrected chi connectivity index (χ3v) is 5.93.